The summed E-state index contributed by atoms with van der Waals surface area (Å²) in [6, 6.07) is 7.22. The molecule has 0 saturated carbocycles. The Bertz CT molecular complexity index is 469. The van der Waals surface area contributed by atoms with E-state index in [0.29, 0.717) is 24.3 Å². The molecule has 1 amide bonds. The molecule has 0 aliphatic heterocycles. The van der Waals surface area contributed by atoms with Crippen molar-refractivity contribution < 1.29 is 9.53 Å². The van der Waals surface area contributed by atoms with Gasteiger partial charge >= 0.3 is 0 Å². The fourth-order valence-electron chi connectivity index (χ4n) is 1.58. The molecule has 5 heteroatoms. The molecule has 0 aliphatic rings. The molecule has 0 aliphatic carbocycles. The second-order valence-corrected chi connectivity index (χ2v) is 5.03. The van der Waals surface area contributed by atoms with E-state index in [1.54, 1.807) is 25.3 Å². The first kappa shape index (κ1) is 14.7. The van der Waals surface area contributed by atoms with Crippen molar-refractivity contribution in [3.05, 3.63) is 28.2 Å². The molecule has 1 aromatic rings. The third-order valence-electron chi connectivity index (χ3n) is 2.36. The van der Waals surface area contributed by atoms with Gasteiger partial charge in [0.25, 0.3) is 0 Å². The molecule has 18 heavy (non-hydrogen) atoms. The van der Waals surface area contributed by atoms with Gasteiger partial charge in [-0.05, 0) is 24.1 Å². The molecule has 0 spiro atoms. The standard InChI is InChI=1S/C13H15BrN2O2/c1-9(8-18-2)5-13(17)16-12-4-3-11(14)6-10(12)7-15/h3-4,6,9H,5,8H2,1-2H3,(H,16,17). The summed E-state index contributed by atoms with van der Waals surface area (Å²) in [7, 11) is 1.61. The summed E-state index contributed by atoms with van der Waals surface area (Å²) in [5, 5.41) is 11.7. The molecular formula is C13H15BrN2O2. The number of nitrogens with zero attached hydrogens (tertiary/aromatic N) is 1. The Balaban J connectivity index is 2.68. The second-order valence-electron chi connectivity index (χ2n) is 4.11. The number of methoxy groups -OCH3 is 1. The topological polar surface area (TPSA) is 62.1 Å². The maximum atomic E-state index is 11.8. The van der Waals surface area contributed by atoms with Crippen molar-refractivity contribution in [2.45, 2.75) is 13.3 Å². The summed E-state index contributed by atoms with van der Waals surface area (Å²) in [5.41, 5.74) is 0.979. The molecule has 0 saturated heterocycles. The van der Waals surface area contributed by atoms with Crippen LogP contribution in [0.3, 0.4) is 0 Å². The lowest BCUT2D eigenvalue weighted by Gasteiger charge is -2.11. The van der Waals surface area contributed by atoms with Crippen molar-refractivity contribution in [3.63, 3.8) is 0 Å². The summed E-state index contributed by atoms with van der Waals surface area (Å²) in [4.78, 5) is 11.8. The van der Waals surface area contributed by atoms with Crippen LogP contribution in [0.2, 0.25) is 0 Å². The van der Waals surface area contributed by atoms with Crippen LogP contribution in [0, 0.1) is 17.2 Å². The molecular weight excluding hydrogens is 296 g/mol. The Morgan fingerprint density at radius 1 is 1.61 bits per heavy atom. The van der Waals surface area contributed by atoms with Crippen molar-refractivity contribution in [3.8, 4) is 6.07 Å². The van der Waals surface area contributed by atoms with Crippen molar-refractivity contribution in [2.75, 3.05) is 19.0 Å². The SMILES string of the molecule is COCC(C)CC(=O)Nc1ccc(Br)cc1C#N. The molecule has 1 aromatic carbocycles. The number of anilines is 1. The highest BCUT2D eigenvalue weighted by atomic mass is 79.9. The van der Waals surface area contributed by atoms with Crippen molar-refractivity contribution in [1.82, 2.24) is 0 Å². The van der Waals surface area contributed by atoms with Gasteiger partial charge in [-0.3, -0.25) is 4.79 Å². The monoisotopic (exact) mass is 310 g/mol. The first-order chi connectivity index (χ1) is 8.56. The normalized spacial score (nSPS) is 11.7. The highest BCUT2D eigenvalue weighted by Gasteiger charge is 2.11. The van der Waals surface area contributed by atoms with E-state index in [1.165, 1.54) is 0 Å². The smallest absolute Gasteiger partial charge is 0.224 e. The number of amides is 1. The molecule has 96 valence electrons. The zero-order valence-corrected chi connectivity index (χ0v) is 12.0. The number of ether oxygens (including phenoxy) is 1. The second kappa shape index (κ2) is 7.14. The van der Waals surface area contributed by atoms with Gasteiger partial charge in [0, 0.05) is 24.6 Å². The van der Waals surface area contributed by atoms with E-state index >= 15 is 0 Å². The summed E-state index contributed by atoms with van der Waals surface area (Å²) in [6.07, 6.45) is 0.370. The predicted octanol–water partition coefficient (Wildman–Crippen LogP) is 2.93. The van der Waals surface area contributed by atoms with Crippen molar-refractivity contribution in [1.29, 1.82) is 5.26 Å². The zero-order chi connectivity index (χ0) is 13.5. The van der Waals surface area contributed by atoms with Crippen LogP contribution in [-0.2, 0) is 9.53 Å². The number of hydrogen-bond acceptors (Lipinski definition) is 3. The maximum absolute atomic E-state index is 11.8. The van der Waals surface area contributed by atoms with E-state index in [1.807, 2.05) is 6.92 Å². The maximum Gasteiger partial charge on any atom is 0.224 e. The number of rotatable bonds is 5. The van der Waals surface area contributed by atoms with E-state index in [-0.39, 0.29) is 11.8 Å². The third-order valence-corrected chi connectivity index (χ3v) is 2.85. The lowest BCUT2D eigenvalue weighted by atomic mass is 10.1. The van der Waals surface area contributed by atoms with Crippen LogP contribution in [-0.4, -0.2) is 19.6 Å². The van der Waals surface area contributed by atoms with Gasteiger partial charge in [0.15, 0.2) is 0 Å². The van der Waals surface area contributed by atoms with E-state index in [9.17, 15) is 4.79 Å². The molecule has 0 radical (unpaired) electrons. The number of carbonyl (C=O) groups is 1. The van der Waals surface area contributed by atoms with Crippen LogP contribution in [0.5, 0.6) is 0 Å². The fourth-order valence-corrected chi connectivity index (χ4v) is 1.94. The van der Waals surface area contributed by atoms with Crippen LogP contribution in [0.25, 0.3) is 0 Å². The van der Waals surface area contributed by atoms with Crippen LogP contribution in [0.15, 0.2) is 22.7 Å². The average molecular weight is 311 g/mol. The number of hydrogen-bond donors (Lipinski definition) is 1. The van der Waals surface area contributed by atoms with Gasteiger partial charge in [-0.25, -0.2) is 0 Å². The minimum Gasteiger partial charge on any atom is -0.384 e. The van der Waals surface area contributed by atoms with Gasteiger partial charge < -0.3 is 10.1 Å². The minimum absolute atomic E-state index is 0.113. The fraction of sp³-hybridized carbons (Fsp3) is 0.385. The molecule has 1 unspecified atom stereocenters. The average Bonchev–Trinajstić information content (AvgIpc) is 2.31. The number of benzene rings is 1. The third kappa shape index (κ3) is 4.47. The van der Waals surface area contributed by atoms with E-state index in [2.05, 4.69) is 27.3 Å². The summed E-state index contributed by atoms with van der Waals surface area (Å²) in [5.74, 6) is 0.0364. The summed E-state index contributed by atoms with van der Waals surface area (Å²) in [6.45, 7) is 2.48. The summed E-state index contributed by atoms with van der Waals surface area (Å²) < 4.78 is 5.79. The Kier molecular flexibility index (Phi) is 5.83. The van der Waals surface area contributed by atoms with Gasteiger partial charge in [0.05, 0.1) is 11.3 Å². The zero-order valence-electron chi connectivity index (χ0n) is 10.4. The summed E-state index contributed by atoms with van der Waals surface area (Å²) >= 11 is 3.28. The lowest BCUT2D eigenvalue weighted by Crippen LogP contribution is -2.18. The Labute approximate surface area is 115 Å². The molecule has 0 bridgehead atoms. The van der Waals surface area contributed by atoms with E-state index in [0.717, 1.165) is 4.47 Å². The molecule has 1 atom stereocenters. The Morgan fingerprint density at radius 2 is 2.33 bits per heavy atom. The van der Waals surface area contributed by atoms with Crippen molar-refractivity contribution >= 4 is 27.5 Å². The quantitative estimate of drug-likeness (QED) is 0.909. The number of carbonyl (C=O) groups excluding carboxylic acids is 1. The van der Waals surface area contributed by atoms with Gasteiger partial charge in [0.1, 0.15) is 6.07 Å². The van der Waals surface area contributed by atoms with Crippen LogP contribution in [0.4, 0.5) is 5.69 Å². The van der Waals surface area contributed by atoms with Crippen molar-refractivity contribution in [2.24, 2.45) is 5.92 Å². The van der Waals surface area contributed by atoms with Crippen LogP contribution in [0.1, 0.15) is 18.9 Å². The number of nitrogens with one attached hydrogen (secondary N) is 1. The van der Waals surface area contributed by atoms with Gasteiger partial charge in [-0.15, -0.1) is 0 Å². The molecule has 0 aromatic heterocycles. The molecule has 4 nitrogen and oxygen atoms in total. The largest absolute Gasteiger partial charge is 0.384 e. The van der Waals surface area contributed by atoms with Gasteiger partial charge in [-0.1, -0.05) is 22.9 Å². The number of halogens is 1. The Hall–Kier alpha value is -1.38. The number of nitriles is 1. The van der Waals surface area contributed by atoms with Gasteiger partial charge in [-0.2, -0.15) is 5.26 Å². The minimum atomic E-state index is -0.113. The van der Waals surface area contributed by atoms with E-state index < -0.39 is 0 Å². The molecule has 1 rings (SSSR count). The molecule has 1 N–H and O–H groups in total. The molecule has 0 heterocycles. The van der Waals surface area contributed by atoms with Crippen LogP contribution < -0.4 is 5.32 Å². The molecule has 0 fully saturated rings. The predicted molar refractivity (Wildman–Crippen MR) is 73.1 cm³/mol. The highest BCUT2D eigenvalue weighted by Crippen LogP contribution is 2.20. The lowest BCUT2D eigenvalue weighted by molar-refractivity contribution is -0.117. The van der Waals surface area contributed by atoms with Gasteiger partial charge in [0.2, 0.25) is 5.91 Å². The first-order valence-corrected chi connectivity index (χ1v) is 6.34. The van der Waals surface area contributed by atoms with E-state index in [4.69, 9.17) is 10.00 Å². The Morgan fingerprint density at radius 3 is 2.94 bits per heavy atom. The highest BCUT2D eigenvalue weighted by molar-refractivity contribution is 9.10. The van der Waals surface area contributed by atoms with Crippen LogP contribution >= 0.6 is 15.9 Å². The first-order valence-electron chi connectivity index (χ1n) is 5.55.